The molecule has 0 spiro atoms. The van der Waals surface area contributed by atoms with Crippen molar-refractivity contribution < 1.29 is 9.26 Å². The molecule has 2 fully saturated rings. The molecule has 1 saturated heterocycles. The summed E-state index contributed by atoms with van der Waals surface area (Å²) in [5.41, 5.74) is 0. The van der Waals surface area contributed by atoms with Gasteiger partial charge in [-0.15, -0.1) is 0 Å². The van der Waals surface area contributed by atoms with Crippen molar-refractivity contribution in [1.82, 2.24) is 15.5 Å². The monoisotopic (exact) mass is 223 g/mol. The highest BCUT2D eigenvalue weighted by Crippen LogP contribution is 2.33. The first-order valence-corrected chi connectivity index (χ1v) is 6.09. The van der Waals surface area contributed by atoms with Gasteiger partial charge in [-0.1, -0.05) is 18.0 Å². The van der Waals surface area contributed by atoms with E-state index in [-0.39, 0.29) is 6.10 Å². The molecular weight excluding hydrogens is 206 g/mol. The van der Waals surface area contributed by atoms with Crippen molar-refractivity contribution in [3.8, 4) is 0 Å². The van der Waals surface area contributed by atoms with E-state index in [4.69, 9.17) is 9.26 Å². The lowest BCUT2D eigenvalue weighted by molar-refractivity contribution is 0.0208. The Balaban J connectivity index is 1.71. The van der Waals surface area contributed by atoms with E-state index in [2.05, 4.69) is 15.5 Å². The normalized spacial score (nSPS) is 27.4. The van der Waals surface area contributed by atoms with Crippen molar-refractivity contribution in [3.05, 3.63) is 11.7 Å². The van der Waals surface area contributed by atoms with Crippen molar-refractivity contribution in [1.29, 1.82) is 0 Å². The summed E-state index contributed by atoms with van der Waals surface area (Å²) in [5, 5.41) is 7.30. The van der Waals surface area contributed by atoms with E-state index in [1.54, 1.807) is 0 Å². The van der Waals surface area contributed by atoms with Crippen LogP contribution in [0.1, 0.15) is 49.4 Å². The van der Waals surface area contributed by atoms with Gasteiger partial charge >= 0.3 is 0 Å². The Morgan fingerprint density at radius 1 is 1.25 bits per heavy atom. The average Bonchev–Trinajstić information content (AvgIpc) is 3.01. The number of hydrogen-bond acceptors (Lipinski definition) is 5. The van der Waals surface area contributed by atoms with Gasteiger partial charge in [0.05, 0.1) is 6.61 Å². The van der Waals surface area contributed by atoms with Gasteiger partial charge in [0.1, 0.15) is 6.10 Å². The Bertz CT molecular complexity index is 341. The average molecular weight is 223 g/mol. The second-order valence-corrected chi connectivity index (χ2v) is 4.54. The van der Waals surface area contributed by atoms with Gasteiger partial charge in [-0.05, 0) is 12.8 Å². The largest absolute Gasteiger partial charge is 0.367 e. The molecule has 0 amide bonds. The molecule has 1 aromatic heterocycles. The van der Waals surface area contributed by atoms with Crippen molar-refractivity contribution >= 4 is 0 Å². The van der Waals surface area contributed by atoms with E-state index in [9.17, 15) is 0 Å². The maximum Gasteiger partial charge on any atom is 0.229 e. The summed E-state index contributed by atoms with van der Waals surface area (Å²) in [7, 11) is 0. The zero-order valence-electron chi connectivity index (χ0n) is 9.32. The third-order valence-electron chi connectivity index (χ3n) is 3.38. The predicted molar refractivity (Wildman–Crippen MR) is 57.1 cm³/mol. The third kappa shape index (κ3) is 1.97. The molecule has 5 nitrogen and oxygen atoms in total. The molecule has 2 heterocycles. The van der Waals surface area contributed by atoms with E-state index in [1.807, 2.05) is 0 Å². The van der Waals surface area contributed by atoms with Crippen LogP contribution in [-0.4, -0.2) is 29.8 Å². The molecule has 0 aromatic carbocycles. The van der Waals surface area contributed by atoms with Gasteiger partial charge in [0, 0.05) is 19.0 Å². The van der Waals surface area contributed by atoms with Gasteiger partial charge in [0.2, 0.25) is 11.7 Å². The van der Waals surface area contributed by atoms with Crippen molar-refractivity contribution in [2.45, 2.75) is 37.7 Å². The second kappa shape index (κ2) is 4.51. The standard InChI is InChI=1S/C11H17N3O2/c1-2-4-8(3-1)11-13-10(14-16-11)9-7-12-5-6-15-9/h8-9,12H,1-7H2/t9-/m1/s1. The first-order valence-electron chi connectivity index (χ1n) is 6.09. The van der Waals surface area contributed by atoms with Gasteiger partial charge in [-0.2, -0.15) is 4.98 Å². The fourth-order valence-electron chi connectivity index (χ4n) is 2.45. The SMILES string of the molecule is C1CCC(c2nc([C@H]3CNCCO3)no2)C1. The zero-order chi connectivity index (χ0) is 10.8. The van der Waals surface area contributed by atoms with Crippen LogP contribution in [0.25, 0.3) is 0 Å². The minimum absolute atomic E-state index is 0.0346. The van der Waals surface area contributed by atoms with Gasteiger partial charge in [0.15, 0.2) is 0 Å². The molecule has 1 aromatic rings. The molecule has 3 rings (SSSR count). The summed E-state index contributed by atoms with van der Waals surface area (Å²) >= 11 is 0. The summed E-state index contributed by atoms with van der Waals surface area (Å²) in [5.74, 6) is 1.99. The lowest BCUT2D eigenvalue weighted by Crippen LogP contribution is -2.33. The lowest BCUT2D eigenvalue weighted by Gasteiger charge is -2.20. The maximum atomic E-state index is 5.59. The number of nitrogens with zero attached hydrogens (tertiary/aromatic N) is 2. The summed E-state index contributed by atoms with van der Waals surface area (Å²) in [6.45, 7) is 2.41. The molecule has 1 aliphatic heterocycles. The quantitative estimate of drug-likeness (QED) is 0.821. The topological polar surface area (TPSA) is 60.2 Å². The molecule has 1 atom stereocenters. The molecular formula is C11H17N3O2. The second-order valence-electron chi connectivity index (χ2n) is 4.54. The van der Waals surface area contributed by atoms with Gasteiger partial charge < -0.3 is 14.6 Å². The molecule has 0 radical (unpaired) electrons. The van der Waals surface area contributed by atoms with Crippen LogP contribution in [0.15, 0.2) is 4.52 Å². The van der Waals surface area contributed by atoms with Crippen LogP contribution in [0.3, 0.4) is 0 Å². The summed E-state index contributed by atoms with van der Waals surface area (Å²) in [4.78, 5) is 4.47. The summed E-state index contributed by atoms with van der Waals surface area (Å²) < 4.78 is 10.9. The van der Waals surface area contributed by atoms with E-state index in [1.165, 1.54) is 25.7 Å². The molecule has 1 saturated carbocycles. The molecule has 0 bridgehead atoms. The number of hydrogen-bond donors (Lipinski definition) is 1. The van der Waals surface area contributed by atoms with Gasteiger partial charge in [-0.25, -0.2) is 0 Å². The first kappa shape index (κ1) is 10.2. The molecule has 0 unspecified atom stereocenters. The molecule has 2 aliphatic rings. The van der Waals surface area contributed by atoms with Crippen LogP contribution < -0.4 is 5.32 Å². The highest BCUT2D eigenvalue weighted by molar-refractivity contribution is 4.99. The van der Waals surface area contributed by atoms with Crippen LogP contribution in [-0.2, 0) is 4.74 Å². The van der Waals surface area contributed by atoms with E-state index >= 15 is 0 Å². The summed E-state index contributed by atoms with van der Waals surface area (Å²) in [6.07, 6.45) is 4.90. The van der Waals surface area contributed by atoms with Gasteiger partial charge in [-0.3, -0.25) is 0 Å². The zero-order valence-corrected chi connectivity index (χ0v) is 9.32. The van der Waals surface area contributed by atoms with E-state index < -0.39 is 0 Å². The van der Waals surface area contributed by atoms with Crippen molar-refractivity contribution in [3.63, 3.8) is 0 Å². The Hall–Kier alpha value is -0.940. The number of ether oxygens (including phenoxy) is 1. The molecule has 16 heavy (non-hydrogen) atoms. The van der Waals surface area contributed by atoms with Crippen LogP contribution in [0, 0.1) is 0 Å². The van der Waals surface area contributed by atoms with Crippen molar-refractivity contribution in [2.75, 3.05) is 19.7 Å². The molecule has 1 N–H and O–H groups in total. The van der Waals surface area contributed by atoms with Crippen molar-refractivity contribution in [2.24, 2.45) is 0 Å². The highest BCUT2D eigenvalue weighted by Gasteiger charge is 2.26. The lowest BCUT2D eigenvalue weighted by atomic mass is 10.1. The van der Waals surface area contributed by atoms with Crippen LogP contribution >= 0.6 is 0 Å². The molecule has 88 valence electrons. The smallest absolute Gasteiger partial charge is 0.229 e. The van der Waals surface area contributed by atoms with E-state index in [0.717, 1.165) is 25.6 Å². The fraction of sp³-hybridized carbons (Fsp3) is 0.818. The summed E-state index contributed by atoms with van der Waals surface area (Å²) in [6, 6.07) is 0. The van der Waals surface area contributed by atoms with Crippen LogP contribution in [0.2, 0.25) is 0 Å². The number of rotatable bonds is 2. The fourth-order valence-corrected chi connectivity index (χ4v) is 2.45. The molecule has 5 heteroatoms. The van der Waals surface area contributed by atoms with Gasteiger partial charge in [0.25, 0.3) is 0 Å². The predicted octanol–water partition coefficient (Wildman–Crippen LogP) is 1.39. The van der Waals surface area contributed by atoms with Crippen LogP contribution in [0.5, 0.6) is 0 Å². The number of aromatic nitrogens is 2. The Labute approximate surface area is 94.6 Å². The Kier molecular flexibility index (Phi) is 2.88. The minimum atomic E-state index is -0.0346. The minimum Gasteiger partial charge on any atom is -0.367 e. The maximum absolute atomic E-state index is 5.59. The first-order chi connectivity index (χ1) is 7.93. The Morgan fingerprint density at radius 3 is 2.88 bits per heavy atom. The number of nitrogens with one attached hydrogen (secondary N) is 1. The molecule has 1 aliphatic carbocycles. The number of morpholine rings is 1. The highest BCUT2D eigenvalue weighted by atomic mass is 16.5. The third-order valence-corrected chi connectivity index (χ3v) is 3.38. The van der Waals surface area contributed by atoms with E-state index in [0.29, 0.717) is 11.7 Å². The van der Waals surface area contributed by atoms with Crippen LogP contribution in [0.4, 0.5) is 0 Å². The Morgan fingerprint density at radius 2 is 2.12 bits per heavy atom.